The van der Waals surface area contributed by atoms with Gasteiger partial charge in [-0.2, -0.15) is 0 Å². The third-order valence-electron chi connectivity index (χ3n) is 17.1. The molecule has 4 aliphatic heterocycles. The normalized spacial score (nSPS) is 24.2. The number of hydrazine groups is 1. The minimum atomic E-state index is -1.16. The quantitative estimate of drug-likeness (QED) is 0.110. The number of rotatable bonds is 12. The van der Waals surface area contributed by atoms with E-state index in [0.717, 1.165) is 115 Å². The number of aromatic nitrogens is 2. The van der Waals surface area contributed by atoms with Crippen molar-refractivity contribution in [1.29, 1.82) is 0 Å². The number of hydrogen-bond acceptors (Lipinski definition) is 13. The van der Waals surface area contributed by atoms with Crippen LogP contribution in [0.25, 0.3) is 33.3 Å². The lowest BCUT2D eigenvalue weighted by molar-refractivity contribution is -0.155. The fourth-order valence-electron chi connectivity index (χ4n) is 12.4. The fraction of sp³-hybridized carbons (Fsp3) is 0.586. The van der Waals surface area contributed by atoms with Gasteiger partial charge in [0, 0.05) is 95.3 Å². The minimum Gasteiger partial charge on any atom is -0.508 e. The van der Waals surface area contributed by atoms with Gasteiger partial charge in [-0.05, 0) is 123 Å². The maximum Gasteiger partial charge on any atom is 0.324 e. The van der Waals surface area contributed by atoms with Crippen molar-refractivity contribution in [3.63, 3.8) is 0 Å². The number of benzene rings is 2. The van der Waals surface area contributed by atoms with E-state index in [1.54, 1.807) is 33.3 Å². The Balaban J connectivity index is 1.02. The van der Waals surface area contributed by atoms with Crippen molar-refractivity contribution in [2.45, 2.75) is 121 Å². The number of aromatic hydroxyl groups is 1. The van der Waals surface area contributed by atoms with Crippen LogP contribution in [-0.4, -0.2) is 168 Å². The number of aryl methyl sites for hydroxylation is 1. The highest BCUT2D eigenvalue weighted by Crippen LogP contribution is 2.44. The summed E-state index contributed by atoms with van der Waals surface area (Å²) in [5.41, 5.74) is 10.6. The van der Waals surface area contributed by atoms with Crippen LogP contribution in [0.15, 0.2) is 48.7 Å². The number of pyridine rings is 1. The summed E-state index contributed by atoms with van der Waals surface area (Å²) in [5.74, 6) is -1.56. The Morgan fingerprint density at radius 3 is 2.42 bits per heavy atom. The van der Waals surface area contributed by atoms with Gasteiger partial charge in [0.05, 0.1) is 42.5 Å². The van der Waals surface area contributed by atoms with Gasteiger partial charge >= 0.3 is 5.97 Å². The molecular weight excluding hydrogens is 965 g/mol. The first-order valence-corrected chi connectivity index (χ1v) is 27.6. The van der Waals surface area contributed by atoms with Gasteiger partial charge in [-0.15, -0.1) is 0 Å². The van der Waals surface area contributed by atoms with Gasteiger partial charge in [0.1, 0.15) is 29.9 Å². The van der Waals surface area contributed by atoms with E-state index in [9.17, 15) is 29.1 Å². The molecule has 0 unspecified atom stereocenters. The molecule has 408 valence electrons. The predicted octanol–water partition coefficient (Wildman–Crippen LogP) is 4.95. The number of fused-ring (bicyclic) bond motifs is 6. The Bertz CT molecular complexity index is 2870. The average molecular weight is 1040 g/mol. The molecular formula is C58H78N10O8. The molecule has 10 rings (SSSR count). The van der Waals surface area contributed by atoms with Crippen LogP contribution in [-0.2, 0) is 53.3 Å². The van der Waals surface area contributed by atoms with E-state index in [1.807, 2.05) is 25.3 Å². The van der Waals surface area contributed by atoms with Crippen LogP contribution in [0.1, 0.15) is 95.1 Å². The smallest absolute Gasteiger partial charge is 0.324 e. The lowest BCUT2D eigenvalue weighted by Gasteiger charge is -2.37. The molecule has 2 aromatic carbocycles. The number of carbonyl (C=O) groups is 5. The van der Waals surface area contributed by atoms with Gasteiger partial charge < -0.3 is 44.1 Å². The number of phenols is 1. The van der Waals surface area contributed by atoms with E-state index in [4.69, 9.17) is 14.5 Å². The summed E-state index contributed by atoms with van der Waals surface area (Å²) >= 11 is 0. The molecule has 4 amide bonds. The number of anilines is 1. The van der Waals surface area contributed by atoms with Crippen molar-refractivity contribution in [1.82, 2.24) is 45.3 Å². The molecule has 18 nitrogen and oxygen atoms in total. The highest BCUT2D eigenvalue weighted by atomic mass is 16.5. The second-order valence-electron chi connectivity index (χ2n) is 23.5. The zero-order chi connectivity index (χ0) is 53.7. The number of esters is 1. The Hall–Kier alpha value is -6.08. The van der Waals surface area contributed by atoms with Crippen molar-refractivity contribution < 1.29 is 38.6 Å². The number of nitrogens with one attached hydrogen (secondary N) is 3. The van der Waals surface area contributed by atoms with Crippen molar-refractivity contribution in [2.75, 3.05) is 79.0 Å². The molecule has 6 heterocycles. The summed E-state index contributed by atoms with van der Waals surface area (Å²) in [4.78, 5) is 84.3. The van der Waals surface area contributed by atoms with Gasteiger partial charge in [0.15, 0.2) is 0 Å². The van der Waals surface area contributed by atoms with Crippen LogP contribution in [0, 0.1) is 17.3 Å². The molecule has 76 heavy (non-hydrogen) atoms. The van der Waals surface area contributed by atoms with Crippen LogP contribution in [0.5, 0.6) is 5.75 Å². The van der Waals surface area contributed by atoms with E-state index in [-0.39, 0.29) is 67.8 Å². The molecule has 2 saturated carbocycles. The summed E-state index contributed by atoms with van der Waals surface area (Å²) in [6.07, 6.45) is 8.58. The third-order valence-corrected chi connectivity index (χ3v) is 17.1. The molecule has 5 fully saturated rings. The van der Waals surface area contributed by atoms with Crippen molar-refractivity contribution in [3.8, 4) is 28.1 Å². The van der Waals surface area contributed by atoms with Crippen LogP contribution in [0.2, 0.25) is 0 Å². The van der Waals surface area contributed by atoms with Gasteiger partial charge in [0.25, 0.3) is 5.91 Å². The van der Waals surface area contributed by atoms with Gasteiger partial charge in [-0.1, -0.05) is 38.8 Å². The number of carbonyl (C=O) groups excluding carboxylic acids is 5. The van der Waals surface area contributed by atoms with Crippen LogP contribution in [0.3, 0.4) is 0 Å². The third kappa shape index (κ3) is 11.2. The lowest BCUT2D eigenvalue weighted by Crippen LogP contribution is -2.62. The molecule has 6 bridgehead atoms. The number of likely N-dealkylation sites (N-methyl/N-ethyl adjacent to an activating group) is 3. The maximum atomic E-state index is 15.0. The summed E-state index contributed by atoms with van der Waals surface area (Å²) in [7, 11) is 9.16. The van der Waals surface area contributed by atoms with Crippen LogP contribution in [0.4, 0.5) is 5.69 Å². The summed E-state index contributed by atoms with van der Waals surface area (Å²) in [5, 5.41) is 20.3. The number of ether oxygens (including phenoxy) is 2. The standard InChI is InChI=1S/C58H78N10O8/c1-34(75-8)49-43(29-40(31-59-49)67-22-20-63(4)21-23-67)53-44-30-58(2,3)33-76-57(74)45-14-11-19-68(62-45)55(72)46(26-35-24-39(27-41(69)25-35)38-17-18-47(65(53)6)42(44)28-38)60-54(71)52(37-12-9-10-13-37)66(7)48(70)32-64(5)56(73)51-50(61-51)36-15-16-36/h17-18,24-25,27-29,31,34,36-37,45-46,50-52,61-62,69H,9-16,19-23,26,30,32-33H2,1-8H3,(H,60,71)/t34-,45-,46-,50+,51+,52-/m0/s1. The monoisotopic (exact) mass is 1040 g/mol. The molecule has 0 radical (unpaired) electrons. The molecule has 6 atom stereocenters. The second-order valence-corrected chi connectivity index (χ2v) is 23.5. The highest BCUT2D eigenvalue weighted by molar-refractivity contribution is 5.97. The first kappa shape index (κ1) is 53.3. The first-order chi connectivity index (χ1) is 36.4. The molecule has 4 aromatic rings. The maximum absolute atomic E-state index is 15.0. The van der Waals surface area contributed by atoms with Crippen LogP contribution < -0.4 is 21.0 Å². The van der Waals surface area contributed by atoms with E-state index >= 15 is 0 Å². The minimum absolute atomic E-state index is 0.00351. The fourth-order valence-corrected chi connectivity index (χ4v) is 12.4. The second kappa shape index (κ2) is 21.7. The Labute approximate surface area is 446 Å². The zero-order valence-corrected chi connectivity index (χ0v) is 45.7. The Morgan fingerprint density at radius 1 is 0.947 bits per heavy atom. The van der Waals surface area contributed by atoms with Gasteiger partial charge in [0.2, 0.25) is 17.7 Å². The number of hydrogen-bond donors (Lipinski definition) is 4. The summed E-state index contributed by atoms with van der Waals surface area (Å²) < 4.78 is 14.4. The first-order valence-electron chi connectivity index (χ1n) is 27.6. The van der Waals surface area contributed by atoms with E-state index in [1.165, 1.54) is 14.8 Å². The van der Waals surface area contributed by atoms with E-state index in [0.29, 0.717) is 30.7 Å². The summed E-state index contributed by atoms with van der Waals surface area (Å²) in [6.45, 7) is 10.0. The zero-order valence-electron chi connectivity index (χ0n) is 45.7. The SMILES string of the molecule is CO[C@@H](C)c1ncc(N2CCN(C)CC2)cc1-c1c2c3cc(ccc3n1C)-c1cc(O)cc(c1)C[C@H](NC(=O)[C@H](C1CCCC1)N(C)C(=O)CN(C)C(=O)[C@@H]1N[C@@H]1C1CC1)C(=O)N1CCC[C@H](N1)C(=O)OCC(C)(C)C2. The Kier molecular flexibility index (Phi) is 15.3. The molecule has 4 N–H and O–H groups in total. The predicted molar refractivity (Wildman–Crippen MR) is 290 cm³/mol. The number of nitrogens with zero attached hydrogens (tertiary/aromatic N) is 7. The highest BCUT2D eigenvalue weighted by Gasteiger charge is 2.52. The molecule has 3 saturated heterocycles. The summed E-state index contributed by atoms with van der Waals surface area (Å²) in [6, 6.07) is 10.8. The van der Waals surface area contributed by atoms with Gasteiger partial charge in [-0.3, -0.25) is 39.3 Å². The Morgan fingerprint density at radius 2 is 1.70 bits per heavy atom. The lowest BCUT2D eigenvalue weighted by atomic mass is 9.84. The van der Waals surface area contributed by atoms with Crippen molar-refractivity contribution >= 4 is 46.2 Å². The number of cyclic esters (lactones) is 1. The largest absolute Gasteiger partial charge is 0.508 e. The van der Waals surface area contributed by atoms with Crippen molar-refractivity contribution in [3.05, 3.63) is 65.5 Å². The van der Waals surface area contributed by atoms with E-state index < -0.39 is 41.3 Å². The van der Waals surface area contributed by atoms with Gasteiger partial charge in [-0.25, -0.2) is 5.43 Å². The molecule has 6 aliphatic rings. The molecule has 0 spiro atoms. The average Bonchev–Trinajstić information content (AvgIpc) is 4.36. The van der Waals surface area contributed by atoms with Crippen molar-refractivity contribution in [2.24, 2.45) is 24.3 Å². The number of piperazine rings is 1. The topological polar surface area (TPSA) is 204 Å². The van der Waals surface area contributed by atoms with Crippen LogP contribution >= 0.6 is 0 Å². The molecule has 2 aromatic heterocycles. The number of amides is 4. The molecule has 2 aliphatic carbocycles. The van der Waals surface area contributed by atoms with E-state index in [2.05, 4.69) is 76.6 Å². The molecule has 18 heteroatoms. The number of methoxy groups -OCH3 is 1. The number of phenolic OH excluding ortho intramolecular Hbond substituents is 1.